The maximum atomic E-state index is 4.65. The number of benzene rings is 3. The minimum absolute atomic E-state index is 0.827. The monoisotopic (exact) mass is 384 g/mol. The van der Waals surface area contributed by atoms with Gasteiger partial charge in [0.25, 0.3) is 0 Å². The van der Waals surface area contributed by atoms with Gasteiger partial charge in [-0.15, -0.1) is 0 Å². The fourth-order valence-corrected chi connectivity index (χ4v) is 8.86. The van der Waals surface area contributed by atoms with E-state index >= 15 is 0 Å². The third kappa shape index (κ3) is 3.48. The molecule has 28 heavy (non-hydrogen) atoms. The predicted octanol–water partition coefficient (Wildman–Crippen LogP) is 4.32. The van der Waals surface area contributed by atoms with E-state index in [0.29, 0.717) is 0 Å². The van der Waals surface area contributed by atoms with Crippen molar-refractivity contribution in [1.29, 1.82) is 0 Å². The van der Waals surface area contributed by atoms with Gasteiger partial charge in [-0.3, -0.25) is 0 Å². The van der Waals surface area contributed by atoms with Crippen LogP contribution in [0.15, 0.2) is 97.2 Å². The Morgan fingerprint density at radius 3 is 1.46 bits per heavy atom. The van der Waals surface area contributed by atoms with Gasteiger partial charge in [0.15, 0.2) is 0 Å². The molecule has 0 amide bonds. The van der Waals surface area contributed by atoms with Crippen LogP contribution in [-0.4, -0.2) is 9.97 Å². The Bertz CT molecular complexity index is 951. The molecule has 3 heteroatoms. The maximum absolute atomic E-state index is 4.65. The molecule has 0 radical (unpaired) electrons. The third-order valence-electron chi connectivity index (χ3n) is 5.46. The van der Waals surface area contributed by atoms with E-state index in [1.807, 2.05) is 13.1 Å². The summed E-state index contributed by atoms with van der Waals surface area (Å²) >= 11 is 0. The Balaban J connectivity index is 2.01. The van der Waals surface area contributed by atoms with Gasteiger partial charge in [0.05, 0.1) is 0 Å². The Kier molecular flexibility index (Phi) is 5.32. The summed E-state index contributed by atoms with van der Waals surface area (Å²) in [5.74, 6) is 0.827. The van der Waals surface area contributed by atoms with Crippen molar-refractivity contribution in [1.82, 2.24) is 9.97 Å². The summed E-state index contributed by atoms with van der Waals surface area (Å²) < 4.78 is 0. The van der Waals surface area contributed by atoms with Crippen LogP contribution < -0.4 is 15.9 Å². The predicted molar refractivity (Wildman–Crippen MR) is 122 cm³/mol. The van der Waals surface area contributed by atoms with Crippen molar-refractivity contribution < 1.29 is 0 Å². The number of hydrogen-bond donors (Lipinski definition) is 0. The molecule has 1 aromatic heterocycles. The summed E-state index contributed by atoms with van der Waals surface area (Å²) in [7, 11) is -2.29. The van der Waals surface area contributed by atoms with Crippen LogP contribution in [0.25, 0.3) is 0 Å². The Morgan fingerprint density at radius 2 is 1.07 bits per heavy atom. The Morgan fingerprint density at radius 1 is 0.643 bits per heavy atom. The molecular formula is C25H25N2P. The van der Waals surface area contributed by atoms with E-state index in [-0.39, 0.29) is 0 Å². The number of aryl methyl sites for hydroxylation is 2. The first-order valence-electron chi connectivity index (χ1n) is 9.66. The van der Waals surface area contributed by atoms with Gasteiger partial charge in [0, 0.05) is 0 Å². The van der Waals surface area contributed by atoms with Gasteiger partial charge in [0.2, 0.25) is 0 Å². The first-order valence-corrected chi connectivity index (χ1v) is 11.9. The molecule has 0 aliphatic heterocycles. The van der Waals surface area contributed by atoms with Crippen molar-refractivity contribution in [3.8, 4) is 0 Å². The molecule has 4 rings (SSSR count). The van der Waals surface area contributed by atoms with Crippen molar-refractivity contribution >= 4 is 23.2 Å². The first-order chi connectivity index (χ1) is 13.7. The molecule has 0 unspecified atom stereocenters. The van der Waals surface area contributed by atoms with Crippen molar-refractivity contribution in [3.05, 3.63) is 114 Å². The summed E-state index contributed by atoms with van der Waals surface area (Å²) in [6.45, 7) is 4.05. The van der Waals surface area contributed by atoms with E-state index in [9.17, 15) is 0 Å². The van der Waals surface area contributed by atoms with Gasteiger partial charge in [-0.05, 0) is 0 Å². The topological polar surface area (TPSA) is 25.8 Å². The SMILES string of the molecule is Cc1ncc(C[PH](c2ccccc2)(c2ccccc2)c2ccccc2)c(C)n1. The second-order valence-electron chi connectivity index (χ2n) is 7.21. The van der Waals surface area contributed by atoms with E-state index in [1.165, 1.54) is 21.5 Å². The van der Waals surface area contributed by atoms with Gasteiger partial charge >= 0.3 is 167 Å². The summed E-state index contributed by atoms with van der Waals surface area (Å²) in [6.07, 6.45) is 2.96. The summed E-state index contributed by atoms with van der Waals surface area (Å²) in [5.41, 5.74) is 2.31. The van der Waals surface area contributed by atoms with E-state index in [0.717, 1.165) is 17.7 Å². The molecule has 4 aromatic rings. The number of rotatable bonds is 5. The standard InChI is InChI=1S/C25H25N2P/c1-20-22(18-26-21(2)27-20)19-28(23-12-6-3-7-13-23,24-14-8-4-9-15-24)25-16-10-5-11-17-25/h3-18,28H,19H2,1-2H3. The average molecular weight is 384 g/mol. The van der Waals surface area contributed by atoms with Crippen LogP contribution in [0.4, 0.5) is 0 Å². The van der Waals surface area contributed by atoms with Crippen molar-refractivity contribution in [2.24, 2.45) is 0 Å². The zero-order valence-corrected chi connectivity index (χ0v) is 17.3. The molecule has 0 saturated carbocycles. The molecule has 0 fully saturated rings. The van der Waals surface area contributed by atoms with Crippen LogP contribution in [0.5, 0.6) is 0 Å². The zero-order chi connectivity index (χ0) is 19.4. The first kappa shape index (κ1) is 18.5. The van der Waals surface area contributed by atoms with Gasteiger partial charge in [-0.1, -0.05) is 0 Å². The fraction of sp³-hybridized carbons (Fsp3) is 0.120. The van der Waals surface area contributed by atoms with E-state index in [2.05, 4.69) is 108 Å². The molecular weight excluding hydrogens is 359 g/mol. The van der Waals surface area contributed by atoms with Gasteiger partial charge in [-0.25, -0.2) is 0 Å². The number of aromatic nitrogens is 2. The fourth-order valence-electron chi connectivity index (χ4n) is 4.04. The third-order valence-corrected chi connectivity index (χ3v) is 10.3. The van der Waals surface area contributed by atoms with Crippen LogP contribution in [-0.2, 0) is 6.16 Å². The molecule has 0 spiro atoms. The number of hydrogen-bond acceptors (Lipinski definition) is 2. The van der Waals surface area contributed by atoms with Crippen LogP contribution in [0.3, 0.4) is 0 Å². The van der Waals surface area contributed by atoms with Crippen LogP contribution in [0.1, 0.15) is 17.1 Å². The second-order valence-corrected chi connectivity index (χ2v) is 11.1. The summed E-state index contributed by atoms with van der Waals surface area (Å²) in [5, 5.41) is 4.23. The molecule has 0 bridgehead atoms. The van der Waals surface area contributed by atoms with Crippen molar-refractivity contribution in [3.63, 3.8) is 0 Å². The van der Waals surface area contributed by atoms with E-state index in [1.54, 1.807) is 0 Å². The molecule has 0 saturated heterocycles. The van der Waals surface area contributed by atoms with Gasteiger partial charge in [-0.2, -0.15) is 0 Å². The van der Waals surface area contributed by atoms with Gasteiger partial charge < -0.3 is 0 Å². The molecule has 0 aliphatic rings. The minimum atomic E-state index is -2.29. The van der Waals surface area contributed by atoms with Crippen LogP contribution >= 0.6 is 7.26 Å². The van der Waals surface area contributed by atoms with Crippen molar-refractivity contribution in [2.75, 3.05) is 0 Å². The summed E-state index contributed by atoms with van der Waals surface area (Å²) in [6, 6.07) is 32.9. The molecule has 1 heterocycles. The van der Waals surface area contributed by atoms with E-state index < -0.39 is 7.26 Å². The quantitative estimate of drug-likeness (QED) is 0.479. The normalized spacial score (nSPS) is 11.9. The van der Waals surface area contributed by atoms with Gasteiger partial charge in [0.1, 0.15) is 0 Å². The molecule has 0 N–H and O–H groups in total. The Hall–Kier alpha value is -2.83. The van der Waals surface area contributed by atoms with Crippen LogP contribution in [0.2, 0.25) is 0 Å². The molecule has 0 aliphatic carbocycles. The molecule has 3 aromatic carbocycles. The number of nitrogens with zero attached hydrogens (tertiary/aromatic N) is 2. The van der Waals surface area contributed by atoms with Crippen LogP contribution in [0, 0.1) is 13.8 Å². The molecule has 0 atom stereocenters. The average Bonchev–Trinajstić information content (AvgIpc) is 2.75. The molecule has 2 nitrogen and oxygen atoms in total. The zero-order valence-electron chi connectivity index (χ0n) is 16.3. The Labute approximate surface area is 167 Å². The molecule has 140 valence electrons. The van der Waals surface area contributed by atoms with E-state index in [4.69, 9.17) is 0 Å². The second kappa shape index (κ2) is 8.04. The summed E-state index contributed by atoms with van der Waals surface area (Å²) in [4.78, 5) is 9.17. The van der Waals surface area contributed by atoms with Crippen molar-refractivity contribution in [2.45, 2.75) is 20.0 Å².